The maximum Gasteiger partial charge on any atom is 0.329 e. The highest BCUT2D eigenvalue weighted by atomic mass is 35.5. The van der Waals surface area contributed by atoms with Gasteiger partial charge in [0.2, 0.25) is 0 Å². The summed E-state index contributed by atoms with van der Waals surface area (Å²) in [6.07, 6.45) is 0. The molecule has 0 aliphatic rings. The van der Waals surface area contributed by atoms with Crippen molar-refractivity contribution in [2.24, 2.45) is 0 Å². The molecule has 0 aliphatic carbocycles. The number of hydrogen-bond donors (Lipinski definition) is 3. The van der Waals surface area contributed by atoms with E-state index in [1.165, 1.54) is 0 Å². The Bertz CT molecular complexity index is 245. The molecule has 15 heavy (non-hydrogen) atoms. The normalized spacial score (nSPS) is 9.40. The van der Waals surface area contributed by atoms with Crippen molar-refractivity contribution < 1.29 is 19.4 Å². The van der Waals surface area contributed by atoms with E-state index in [0.717, 1.165) is 0 Å². The molecular weight excluding hydrogens is 224 g/mol. The first-order valence-corrected chi connectivity index (χ1v) is 4.54. The van der Waals surface area contributed by atoms with Crippen molar-refractivity contribution in [3.8, 4) is 0 Å². The molecule has 0 atom stereocenters. The zero-order valence-corrected chi connectivity index (χ0v) is 8.84. The van der Waals surface area contributed by atoms with Crippen molar-refractivity contribution in [3.63, 3.8) is 0 Å². The molecule has 6 nitrogen and oxygen atoms in total. The van der Waals surface area contributed by atoms with Gasteiger partial charge in [-0.3, -0.25) is 0 Å². The molecule has 3 N–H and O–H groups in total. The summed E-state index contributed by atoms with van der Waals surface area (Å²) >= 11 is 5.41. The van der Waals surface area contributed by atoms with Crippen LogP contribution in [0.2, 0.25) is 0 Å². The predicted molar refractivity (Wildman–Crippen MR) is 54.8 cm³/mol. The van der Waals surface area contributed by atoms with Gasteiger partial charge in [0.05, 0.1) is 13.2 Å². The molecule has 0 fully saturated rings. The van der Waals surface area contributed by atoms with E-state index in [1.807, 2.05) is 0 Å². The molecule has 0 spiro atoms. The Labute approximate surface area is 92.2 Å². The van der Waals surface area contributed by atoms with Gasteiger partial charge in [-0.1, -0.05) is 18.2 Å². The first-order valence-electron chi connectivity index (χ1n) is 4.17. The molecule has 7 heteroatoms. The van der Waals surface area contributed by atoms with Crippen molar-refractivity contribution in [3.05, 3.63) is 11.6 Å². The molecule has 0 bridgehead atoms. The van der Waals surface area contributed by atoms with Crippen LogP contribution < -0.4 is 10.6 Å². The minimum Gasteiger partial charge on any atom is -0.480 e. The molecule has 0 aliphatic heterocycles. The fourth-order valence-corrected chi connectivity index (χ4v) is 0.702. The lowest BCUT2D eigenvalue weighted by Crippen LogP contribution is -2.37. The first kappa shape index (κ1) is 13.7. The molecule has 0 aromatic carbocycles. The fourth-order valence-electron chi connectivity index (χ4n) is 0.635. The van der Waals surface area contributed by atoms with Crippen molar-refractivity contribution >= 4 is 23.6 Å². The number of urea groups is 1. The minimum atomic E-state index is -1.04. The number of hydrogen-bond acceptors (Lipinski definition) is 3. The Kier molecular flexibility index (Phi) is 7.39. The molecule has 0 heterocycles. The molecule has 0 saturated heterocycles. The average molecular weight is 237 g/mol. The Morgan fingerprint density at radius 2 is 2.07 bits per heavy atom. The van der Waals surface area contributed by atoms with E-state index in [-0.39, 0.29) is 26.3 Å². The van der Waals surface area contributed by atoms with E-state index < -0.39 is 12.0 Å². The predicted octanol–water partition coefficient (Wildman–Crippen LogP) is 0.139. The van der Waals surface area contributed by atoms with Crippen LogP contribution in [0.3, 0.4) is 0 Å². The topological polar surface area (TPSA) is 87.7 Å². The second-order valence-electron chi connectivity index (χ2n) is 2.57. The average Bonchev–Trinajstić information content (AvgIpc) is 2.13. The highest BCUT2D eigenvalue weighted by Crippen LogP contribution is 1.91. The van der Waals surface area contributed by atoms with Crippen molar-refractivity contribution in [1.29, 1.82) is 0 Å². The molecule has 0 saturated carbocycles. The number of halogens is 1. The lowest BCUT2D eigenvalue weighted by atomic mass is 10.6. The Morgan fingerprint density at radius 3 is 2.60 bits per heavy atom. The van der Waals surface area contributed by atoms with Gasteiger partial charge in [-0.25, -0.2) is 9.59 Å². The van der Waals surface area contributed by atoms with Crippen LogP contribution in [0.5, 0.6) is 0 Å². The van der Waals surface area contributed by atoms with Crippen LogP contribution >= 0.6 is 11.6 Å². The zero-order chi connectivity index (χ0) is 11.7. The highest BCUT2D eigenvalue weighted by molar-refractivity contribution is 6.29. The van der Waals surface area contributed by atoms with Crippen molar-refractivity contribution in [2.45, 2.75) is 0 Å². The van der Waals surface area contributed by atoms with Gasteiger partial charge in [-0.05, 0) is 0 Å². The van der Waals surface area contributed by atoms with Crippen LogP contribution in [0.4, 0.5) is 4.79 Å². The summed E-state index contributed by atoms with van der Waals surface area (Å²) in [4.78, 5) is 21.0. The molecule has 0 aromatic heterocycles. The zero-order valence-electron chi connectivity index (χ0n) is 8.09. The molecule has 2 amide bonds. The van der Waals surface area contributed by atoms with Gasteiger partial charge in [0.25, 0.3) is 0 Å². The third-order valence-corrected chi connectivity index (χ3v) is 1.33. The van der Waals surface area contributed by atoms with E-state index in [1.54, 1.807) is 0 Å². The van der Waals surface area contributed by atoms with E-state index in [2.05, 4.69) is 21.9 Å². The summed E-state index contributed by atoms with van der Waals surface area (Å²) < 4.78 is 4.69. The quantitative estimate of drug-likeness (QED) is 0.549. The summed E-state index contributed by atoms with van der Waals surface area (Å²) in [5, 5.41) is 13.4. The third kappa shape index (κ3) is 10.7. The number of amides is 2. The summed E-state index contributed by atoms with van der Waals surface area (Å²) in [7, 11) is 0. The molecule has 86 valence electrons. The smallest absolute Gasteiger partial charge is 0.329 e. The second kappa shape index (κ2) is 8.07. The number of aliphatic carboxylic acids is 1. The number of ether oxygens (including phenoxy) is 1. The number of nitrogens with one attached hydrogen (secondary N) is 2. The van der Waals surface area contributed by atoms with Crippen LogP contribution in [0, 0.1) is 0 Å². The van der Waals surface area contributed by atoms with Crippen molar-refractivity contribution in [1.82, 2.24) is 10.6 Å². The summed E-state index contributed by atoms with van der Waals surface area (Å²) in [5.74, 6) is -1.04. The summed E-state index contributed by atoms with van der Waals surface area (Å²) in [5.41, 5.74) is 0. The minimum absolute atomic E-state index is 0.140. The van der Waals surface area contributed by atoms with Gasteiger partial charge in [0, 0.05) is 11.6 Å². The van der Waals surface area contributed by atoms with E-state index >= 15 is 0 Å². The maximum atomic E-state index is 11.0. The second-order valence-corrected chi connectivity index (χ2v) is 3.11. The number of carboxylic acids is 1. The van der Waals surface area contributed by atoms with Gasteiger partial charge in [0.15, 0.2) is 0 Å². The van der Waals surface area contributed by atoms with E-state index in [0.29, 0.717) is 5.03 Å². The lowest BCUT2D eigenvalue weighted by Gasteiger charge is -2.06. The van der Waals surface area contributed by atoms with Gasteiger partial charge in [-0.2, -0.15) is 0 Å². The molecule has 0 rings (SSSR count). The Balaban J connectivity index is 3.31. The molecular formula is C8H13ClN2O4. The summed E-state index contributed by atoms with van der Waals surface area (Å²) in [6, 6.07) is -0.407. The van der Waals surface area contributed by atoms with Gasteiger partial charge in [0.1, 0.15) is 6.61 Å². The molecule has 0 radical (unpaired) electrons. The standard InChI is InChI=1S/C8H13ClN2O4/c1-6(9)4-11-8(14)10-2-3-15-5-7(12)13/h1-5H2,(H,12,13)(H2,10,11,14). The third-order valence-electron chi connectivity index (χ3n) is 1.20. The van der Waals surface area contributed by atoms with Crippen LogP contribution in [-0.4, -0.2) is 43.4 Å². The first-order chi connectivity index (χ1) is 7.02. The number of carbonyl (C=O) groups excluding carboxylic acids is 1. The Morgan fingerprint density at radius 1 is 1.40 bits per heavy atom. The highest BCUT2D eigenvalue weighted by Gasteiger charge is 1.99. The van der Waals surface area contributed by atoms with Crippen LogP contribution in [-0.2, 0) is 9.53 Å². The fraction of sp³-hybridized carbons (Fsp3) is 0.500. The maximum absolute atomic E-state index is 11.0. The summed E-state index contributed by atoms with van der Waals surface area (Å²) in [6.45, 7) is 3.57. The monoisotopic (exact) mass is 236 g/mol. The van der Waals surface area contributed by atoms with Crippen molar-refractivity contribution in [2.75, 3.05) is 26.3 Å². The van der Waals surface area contributed by atoms with E-state index in [9.17, 15) is 9.59 Å². The number of rotatable bonds is 7. The SMILES string of the molecule is C=C(Cl)CNC(=O)NCCOCC(=O)O. The van der Waals surface area contributed by atoms with Gasteiger partial charge >= 0.3 is 12.0 Å². The van der Waals surface area contributed by atoms with Crippen LogP contribution in [0.15, 0.2) is 11.6 Å². The molecule has 0 aromatic rings. The van der Waals surface area contributed by atoms with Gasteiger partial charge in [-0.15, -0.1) is 0 Å². The van der Waals surface area contributed by atoms with Crippen LogP contribution in [0.1, 0.15) is 0 Å². The Hall–Kier alpha value is -1.27. The van der Waals surface area contributed by atoms with Crippen LogP contribution in [0.25, 0.3) is 0 Å². The molecule has 0 unspecified atom stereocenters. The number of carbonyl (C=O) groups is 2. The largest absolute Gasteiger partial charge is 0.480 e. The number of carboxylic acid groups (broad SMARTS) is 1. The van der Waals surface area contributed by atoms with Gasteiger partial charge < -0.3 is 20.5 Å². The lowest BCUT2D eigenvalue weighted by molar-refractivity contribution is -0.142. The van der Waals surface area contributed by atoms with E-state index in [4.69, 9.17) is 16.7 Å².